The zero-order valence-corrected chi connectivity index (χ0v) is 12.8. The molecule has 5 nitrogen and oxygen atoms in total. The largest absolute Gasteiger partial charge is 0.314 e. The lowest BCUT2D eigenvalue weighted by molar-refractivity contribution is 0.250. The van der Waals surface area contributed by atoms with E-state index >= 15 is 0 Å². The fraction of sp³-hybridized carbons (Fsp3) is 0.857. The molecule has 0 aromatic heterocycles. The highest BCUT2D eigenvalue weighted by Crippen LogP contribution is 2.24. The summed E-state index contributed by atoms with van der Waals surface area (Å²) in [4.78, 5) is 0. The van der Waals surface area contributed by atoms with E-state index in [-0.39, 0.29) is 0 Å². The van der Waals surface area contributed by atoms with Gasteiger partial charge in [-0.25, -0.2) is 0 Å². The molecule has 114 valence electrons. The molecule has 0 unspecified atom stereocenters. The SMILES string of the molecule is O=S(=O)(N1CC=CCC1)N1CCC(CNC2CC2)CC1. The molecule has 1 aliphatic carbocycles. The van der Waals surface area contributed by atoms with Crippen LogP contribution in [0.5, 0.6) is 0 Å². The Hall–Kier alpha value is -0.430. The molecule has 0 spiro atoms. The highest BCUT2D eigenvalue weighted by molar-refractivity contribution is 7.86. The quantitative estimate of drug-likeness (QED) is 0.769. The summed E-state index contributed by atoms with van der Waals surface area (Å²) in [5, 5.41) is 3.56. The summed E-state index contributed by atoms with van der Waals surface area (Å²) in [6, 6.07) is 0.747. The third-order valence-electron chi connectivity index (χ3n) is 4.52. The molecule has 2 heterocycles. The van der Waals surface area contributed by atoms with Crippen molar-refractivity contribution in [2.24, 2.45) is 5.92 Å². The van der Waals surface area contributed by atoms with Crippen molar-refractivity contribution >= 4 is 10.2 Å². The molecule has 3 rings (SSSR count). The third-order valence-corrected chi connectivity index (χ3v) is 6.52. The Bertz CT molecular complexity index is 451. The first-order chi connectivity index (χ1) is 9.66. The van der Waals surface area contributed by atoms with Gasteiger partial charge in [0, 0.05) is 32.2 Å². The van der Waals surface area contributed by atoms with Gasteiger partial charge in [-0.2, -0.15) is 17.0 Å². The normalized spacial score (nSPS) is 27.0. The van der Waals surface area contributed by atoms with E-state index in [9.17, 15) is 8.42 Å². The molecule has 0 aromatic rings. The van der Waals surface area contributed by atoms with Crippen LogP contribution in [0.3, 0.4) is 0 Å². The monoisotopic (exact) mass is 299 g/mol. The van der Waals surface area contributed by atoms with Crippen LogP contribution in [0.15, 0.2) is 12.2 Å². The van der Waals surface area contributed by atoms with Crippen LogP contribution in [0, 0.1) is 5.92 Å². The Morgan fingerprint density at radius 1 is 1.00 bits per heavy atom. The molecule has 2 aliphatic heterocycles. The molecule has 0 aromatic carbocycles. The summed E-state index contributed by atoms with van der Waals surface area (Å²) in [5.41, 5.74) is 0. The molecule has 0 bridgehead atoms. The zero-order chi connectivity index (χ0) is 14.0. The van der Waals surface area contributed by atoms with Gasteiger partial charge in [0.05, 0.1) is 0 Å². The van der Waals surface area contributed by atoms with Gasteiger partial charge in [0.25, 0.3) is 10.2 Å². The maximum Gasteiger partial charge on any atom is 0.282 e. The fourth-order valence-corrected chi connectivity index (χ4v) is 4.57. The van der Waals surface area contributed by atoms with Crippen LogP contribution < -0.4 is 5.32 Å². The van der Waals surface area contributed by atoms with Crippen molar-refractivity contribution in [1.82, 2.24) is 13.9 Å². The van der Waals surface area contributed by atoms with E-state index in [1.165, 1.54) is 12.8 Å². The topological polar surface area (TPSA) is 52.7 Å². The summed E-state index contributed by atoms with van der Waals surface area (Å²) < 4.78 is 28.3. The Morgan fingerprint density at radius 2 is 1.75 bits per heavy atom. The van der Waals surface area contributed by atoms with E-state index in [1.54, 1.807) is 8.61 Å². The van der Waals surface area contributed by atoms with Gasteiger partial charge in [-0.05, 0) is 44.6 Å². The van der Waals surface area contributed by atoms with E-state index in [2.05, 4.69) is 11.4 Å². The van der Waals surface area contributed by atoms with Gasteiger partial charge in [-0.15, -0.1) is 0 Å². The predicted octanol–water partition coefficient (Wildman–Crippen LogP) is 0.957. The van der Waals surface area contributed by atoms with E-state index in [0.29, 0.717) is 32.1 Å². The minimum absolute atomic E-state index is 0.533. The van der Waals surface area contributed by atoms with Gasteiger partial charge >= 0.3 is 0 Å². The third kappa shape index (κ3) is 3.42. The van der Waals surface area contributed by atoms with Crippen LogP contribution in [-0.2, 0) is 10.2 Å². The van der Waals surface area contributed by atoms with Crippen LogP contribution >= 0.6 is 0 Å². The minimum atomic E-state index is -3.23. The Morgan fingerprint density at radius 3 is 2.35 bits per heavy atom. The molecule has 3 aliphatic rings. The number of hydrogen-bond acceptors (Lipinski definition) is 3. The number of nitrogens with one attached hydrogen (secondary N) is 1. The van der Waals surface area contributed by atoms with Crippen molar-refractivity contribution in [3.8, 4) is 0 Å². The van der Waals surface area contributed by atoms with Crippen LogP contribution in [0.25, 0.3) is 0 Å². The van der Waals surface area contributed by atoms with Crippen LogP contribution in [-0.4, -0.2) is 55.8 Å². The smallest absolute Gasteiger partial charge is 0.282 e. The van der Waals surface area contributed by atoms with Crippen molar-refractivity contribution in [3.63, 3.8) is 0 Å². The van der Waals surface area contributed by atoms with Crippen LogP contribution in [0.4, 0.5) is 0 Å². The van der Waals surface area contributed by atoms with Crippen molar-refractivity contribution in [2.45, 2.75) is 38.1 Å². The van der Waals surface area contributed by atoms with E-state index in [0.717, 1.165) is 31.8 Å². The molecular formula is C14H25N3O2S. The molecular weight excluding hydrogens is 274 g/mol. The fourth-order valence-electron chi connectivity index (χ4n) is 2.96. The molecule has 1 N–H and O–H groups in total. The molecule has 20 heavy (non-hydrogen) atoms. The summed E-state index contributed by atoms with van der Waals surface area (Å²) in [6.07, 6.45) is 9.45. The Labute approximate surface area is 122 Å². The molecule has 0 radical (unpaired) electrons. The van der Waals surface area contributed by atoms with Gasteiger partial charge in [-0.3, -0.25) is 0 Å². The maximum atomic E-state index is 12.5. The first-order valence-electron chi connectivity index (χ1n) is 7.80. The Kier molecular flexibility index (Phi) is 4.45. The molecule has 1 saturated carbocycles. The van der Waals surface area contributed by atoms with E-state index in [4.69, 9.17) is 0 Å². The van der Waals surface area contributed by atoms with Gasteiger partial charge in [0.2, 0.25) is 0 Å². The highest BCUT2D eigenvalue weighted by atomic mass is 32.2. The summed E-state index contributed by atoms with van der Waals surface area (Å²) >= 11 is 0. The van der Waals surface area contributed by atoms with Crippen molar-refractivity contribution in [2.75, 3.05) is 32.7 Å². The van der Waals surface area contributed by atoms with Gasteiger partial charge < -0.3 is 5.32 Å². The first-order valence-corrected chi connectivity index (χ1v) is 9.19. The van der Waals surface area contributed by atoms with Gasteiger partial charge in [-0.1, -0.05) is 12.2 Å². The summed E-state index contributed by atoms with van der Waals surface area (Å²) in [5.74, 6) is 0.642. The lowest BCUT2D eigenvalue weighted by Gasteiger charge is -2.35. The van der Waals surface area contributed by atoms with E-state index < -0.39 is 10.2 Å². The van der Waals surface area contributed by atoms with Gasteiger partial charge in [0.1, 0.15) is 0 Å². The molecule has 1 saturated heterocycles. The van der Waals surface area contributed by atoms with Gasteiger partial charge in [0.15, 0.2) is 0 Å². The maximum absolute atomic E-state index is 12.5. The number of nitrogens with zero attached hydrogens (tertiary/aromatic N) is 2. The number of piperidine rings is 1. The van der Waals surface area contributed by atoms with Crippen LogP contribution in [0.2, 0.25) is 0 Å². The standard InChI is InChI=1S/C14H25N3O2S/c18-20(19,16-8-2-1-3-9-16)17-10-6-13(7-11-17)12-15-14-4-5-14/h1-2,13-15H,3-12H2. The number of rotatable bonds is 5. The predicted molar refractivity (Wildman–Crippen MR) is 79.6 cm³/mol. The lowest BCUT2D eigenvalue weighted by Crippen LogP contribution is -2.48. The second kappa shape index (κ2) is 6.13. The van der Waals surface area contributed by atoms with Crippen molar-refractivity contribution in [1.29, 1.82) is 0 Å². The van der Waals surface area contributed by atoms with E-state index in [1.807, 2.05) is 6.08 Å². The molecule has 0 amide bonds. The van der Waals surface area contributed by atoms with Crippen molar-refractivity contribution in [3.05, 3.63) is 12.2 Å². The Balaban J connectivity index is 1.49. The van der Waals surface area contributed by atoms with Crippen LogP contribution in [0.1, 0.15) is 32.1 Å². The first kappa shape index (κ1) is 14.5. The molecule has 0 atom stereocenters. The highest BCUT2D eigenvalue weighted by Gasteiger charge is 2.33. The second-order valence-electron chi connectivity index (χ2n) is 6.15. The van der Waals surface area contributed by atoms with Crippen molar-refractivity contribution < 1.29 is 8.42 Å². The number of hydrogen-bond donors (Lipinski definition) is 1. The molecule has 2 fully saturated rings. The minimum Gasteiger partial charge on any atom is -0.314 e. The average molecular weight is 299 g/mol. The zero-order valence-electron chi connectivity index (χ0n) is 12.0. The summed E-state index contributed by atoms with van der Waals surface area (Å²) in [7, 11) is -3.23. The average Bonchev–Trinajstić information content (AvgIpc) is 3.31. The lowest BCUT2D eigenvalue weighted by atomic mass is 9.98. The molecule has 6 heteroatoms. The second-order valence-corrected chi connectivity index (χ2v) is 8.08. The summed E-state index contributed by atoms with van der Waals surface area (Å²) in [6.45, 7) is 3.58.